The molecule has 1 aromatic carbocycles. The van der Waals surface area contributed by atoms with Gasteiger partial charge in [0.25, 0.3) is 0 Å². The van der Waals surface area contributed by atoms with Crippen LogP contribution in [-0.2, 0) is 11.2 Å². The normalized spacial score (nSPS) is 14.3. The molecule has 0 aliphatic heterocycles. The Hall–Kier alpha value is -1.31. The van der Waals surface area contributed by atoms with E-state index < -0.39 is 5.97 Å². The number of benzene rings is 1. The maximum absolute atomic E-state index is 11.3. The third-order valence-electron chi connectivity index (χ3n) is 3.45. The molecule has 0 spiro atoms. The van der Waals surface area contributed by atoms with Crippen LogP contribution in [0.25, 0.3) is 0 Å². The molecule has 0 aromatic heterocycles. The largest absolute Gasteiger partial charge is 0.481 e. The Balaban J connectivity index is 2.80. The van der Waals surface area contributed by atoms with Gasteiger partial charge in [-0.3, -0.25) is 4.79 Å². The van der Waals surface area contributed by atoms with Crippen molar-refractivity contribution >= 4 is 5.97 Å². The Morgan fingerprint density at radius 2 is 2.00 bits per heavy atom. The zero-order valence-electron chi connectivity index (χ0n) is 10.9. The SMILES string of the molecule is CCCC(C)C(Cc1ccccc1C)C(=O)O. The highest BCUT2D eigenvalue weighted by molar-refractivity contribution is 5.70. The van der Waals surface area contributed by atoms with E-state index in [0.717, 1.165) is 18.4 Å². The molecule has 0 amide bonds. The quantitative estimate of drug-likeness (QED) is 0.815. The minimum atomic E-state index is -0.672. The first-order valence-corrected chi connectivity index (χ1v) is 6.33. The van der Waals surface area contributed by atoms with E-state index in [0.29, 0.717) is 6.42 Å². The summed E-state index contributed by atoms with van der Waals surface area (Å²) in [6.07, 6.45) is 2.66. The fourth-order valence-electron chi connectivity index (χ4n) is 2.26. The molecule has 2 atom stereocenters. The fourth-order valence-corrected chi connectivity index (χ4v) is 2.26. The monoisotopic (exact) mass is 234 g/mol. The third kappa shape index (κ3) is 3.88. The number of aliphatic carboxylic acids is 1. The molecule has 0 radical (unpaired) electrons. The van der Waals surface area contributed by atoms with E-state index in [1.165, 1.54) is 5.56 Å². The van der Waals surface area contributed by atoms with E-state index in [9.17, 15) is 9.90 Å². The molecule has 0 bridgehead atoms. The van der Waals surface area contributed by atoms with Crippen molar-refractivity contribution in [2.45, 2.75) is 40.0 Å². The number of hydrogen-bond donors (Lipinski definition) is 1. The van der Waals surface area contributed by atoms with Crippen molar-refractivity contribution in [2.24, 2.45) is 11.8 Å². The van der Waals surface area contributed by atoms with Gasteiger partial charge < -0.3 is 5.11 Å². The zero-order valence-corrected chi connectivity index (χ0v) is 10.9. The van der Waals surface area contributed by atoms with Crippen LogP contribution in [0.2, 0.25) is 0 Å². The van der Waals surface area contributed by atoms with Gasteiger partial charge in [-0.1, -0.05) is 51.0 Å². The lowest BCUT2D eigenvalue weighted by Crippen LogP contribution is -2.24. The number of aryl methyl sites for hydroxylation is 1. The third-order valence-corrected chi connectivity index (χ3v) is 3.45. The molecule has 1 N–H and O–H groups in total. The minimum Gasteiger partial charge on any atom is -0.481 e. The van der Waals surface area contributed by atoms with Crippen LogP contribution in [0.5, 0.6) is 0 Å². The van der Waals surface area contributed by atoms with Crippen LogP contribution in [0.15, 0.2) is 24.3 Å². The van der Waals surface area contributed by atoms with Crippen molar-refractivity contribution in [1.29, 1.82) is 0 Å². The molecule has 2 heteroatoms. The Bertz CT molecular complexity index is 371. The molecule has 1 aromatic rings. The Morgan fingerprint density at radius 1 is 1.35 bits per heavy atom. The standard InChI is InChI=1S/C15H22O2/c1-4-7-12(3)14(15(16)17)10-13-9-6-5-8-11(13)2/h5-6,8-9,12,14H,4,7,10H2,1-3H3,(H,16,17). The second-order valence-electron chi connectivity index (χ2n) is 4.84. The van der Waals surface area contributed by atoms with Gasteiger partial charge in [-0.15, -0.1) is 0 Å². The first-order valence-electron chi connectivity index (χ1n) is 6.33. The van der Waals surface area contributed by atoms with Crippen molar-refractivity contribution in [3.8, 4) is 0 Å². The van der Waals surface area contributed by atoms with Crippen molar-refractivity contribution in [3.63, 3.8) is 0 Å². The van der Waals surface area contributed by atoms with Gasteiger partial charge in [-0.25, -0.2) is 0 Å². The minimum absolute atomic E-state index is 0.233. The van der Waals surface area contributed by atoms with Crippen LogP contribution in [0.4, 0.5) is 0 Å². The average molecular weight is 234 g/mol. The molecule has 0 aliphatic carbocycles. The van der Waals surface area contributed by atoms with E-state index in [2.05, 4.69) is 6.92 Å². The number of carboxylic acids is 1. The van der Waals surface area contributed by atoms with E-state index in [1.807, 2.05) is 38.1 Å². The van der Waals surface area contributed by atoms with Crippen LogP contribution in [0, 0.1) is 18.8 Å². The molecule has 0 saturated carbocycles. The summed E-state index contributed by atoms with van der Waals surface area (Å²) in [4.78, 5) is 11.3. The number of rotatable bonds is 6. The molecular formula is C15H22O2. The van der Waals surface area contributed by atoms with E-state index in [-0.39, 0.29) is 11.8 Å². The zero-order chi connectivity index (χ0) is 12.8. The highest BCUT2D eigenvalue weighted by Crippen LogP contribution is 2.23. The maximum atomic E-state index is 11.3. The summed E-state index contributed by atoms with van der Waals surface area (Å²) in [5, 5.41) is 9.32. The van der Waals surface area contributed by atoms with Crippen LogP contribution in [0.3, 0.4) is 0 Å². The smallest absolute Gasteiger partial charge is 0.307 e. The van der Waals surface area contributed by atoms with Gasteiger partial charge in [-0.2, -0.15) is 0 Å². The number of carboxylic acid groups (broad SMARTS) is 1. The first-order chi connectivity index (χ1) is 8.06. The van der Waals surface area contributed by atoms with Gasteiger partial charge in [-0.05, 0) is 30.4 Å². The molecular weight excluding hydrogens is 212 g/mol. The topological polar surface area (TPSA) is 37.3 Å². The van der Waals surface area contributed by atoms with Gasteiger partial charge >= 0.3 is 5.97 Å². The maximum Gasteiger partial charge on any atom is 0.307 e. The first kappa shape index (κ1) is 13.8. The van der Waals surface area contributed by atoms with Gasteiger partial charge in [0, 0.05) is 0 Å². The summed E-state index contributed by atoms with van der Waals surface area (Å²) in [5.74, 6) is -0.706. The van der Waals surface area contributed by atoms with Crippen molar-refractivity contribution in [1.82, 2.24) is 0 Å². The van der Waals surface area contributed by atoms with Crippen molar-refractivity contribution in [2.75, 3.05) is 0 Å². The lowest BCUT2D eigenvalue weighted by Gasteiger charge is -2.20. The van der Waals surface area contributed by atoms with Crippen LogP contribution in [-0.4, -0.2) is 11.1 Å². The van der Waals surface area contributed by atoms with Gasteiger partial charge in [0.05, 0.1) is 5.92 Å². The summed E-state index contributed by atoms with van der Waals surface area (Å²) < 4.78 is 0. The van der Waals surface area contributed by atoms with Crippen molar-refractivity contribution < 1.29 is 9.90 Å². The van der Waals surface area contributed by atoms with Gasteiger partial charge in [0.15, 0.2) is 0 Å². The lowest BCUT2D eigenvalue weighted by atomic mass is 9.84. The molecule has 2 unspecified atom stereocenters. The summed E-state index contributed by atoms with van der Waals surface area (Å²) in [6.45, 7) is 6.18. The summed E-state index contributed by atoms with van der Waals surface area (Å²) in [6, 6.07) is 8.04. The molecule has 0 saturated heterocycles. The van der Waals surface area contributed by atoms with Crippen LogP contribution in [0.1, 0.15) is 37.8 Å². The Labute approximate surface area is 104 Å². The molecule has 0 heterocycles. The molecule has 0 fully saturated rings. The molecule has 94 valence electrons. The fraction of sp³-hybridized carbons (Fsp3) is 0.533. The second-order valence-corrected chi connectivity index (χ2v) is 4.84. The van der Waals surface area contributed by atoms with Crippen LogP contribution < -0.4 is 0 Å². The van der Waals surface area contributed by atoms with E-state index in [1.54, 1.807) is 0 Å². The molecule has 1 rings (SSSR count). The van der Waals surface area contributed by atoms with Gasteiger partial charge in [0.1, 0.15) is 0 Å². The van der Waals surface area contributed by atoms with E-state index in [4.69, 9.17) is 0 Å². The number of carbonyl (C=O) groups is 1. The lowest BCUT2D eigenvalue weighted by molar-refractivity contribution is -0.143. The van der Waals surface area contributed by atoms with Crippen molar-refractivity contribution in [3.05, 3.63) is 35.4 Å². The number of hydrogen-bond acceptors (Lipinski definition) is 1. The predicted molar refractivity (Wildman–Crippen MR) is 70.1 cm³/mol. The van der Waals surface area contributed by atoms with Gasteiger partial charge in [0.2, 0.25) is 0 Å². The summed E-state index contributed by atoms with van der Waals surface area (Å²) in [5.41, 5.74) is 2.34. The van der Waals surface area contributed by atoms with E-state index >= 15 is 0 Å². The average Bonchev–Trinajstić information content (AvgIpc) is 2.27. The molecule has 0 aliphatic rings. The predicted octanol–water partition coefficient (Wildman–Crippen LogP) is 3.67. The highest BCUT2D eigenvalue weighted by Gasteiger charge is 2.24. The summed E-state index contributed by atoms with van der Waals surface area (Å²) in [7, 11) is 0. The molecule has 17 heavy (non-hydrogen) atoms. The summed E-state index contributed by atoms with van der Waals surface area (Å²) >= 11 is 0. The second kappa shape index (κ2) is 6.43. The van der Waals surface area contributed by atoms with Crippen LogP contribution >= 0.6 is 0 Å². The highest BCUT2D eigenvalue weighted by atomic mass is 16.4. The Kier molecular flexibility index (Phi) is 5.20. The molecule has 2 nitrogen and oxygen atoms in total. The Morgan fingerprint density at radius 3 is 2.53 bits per heavy atom.